The van der Waals surface area contributed by atoms with Crippen molar-refractivity contribution in [2.45, 2.75) is 20.8 Å². The number of amides is 2. The summed E-state index contributed by atoms with van der Waals surface area (Å²) in [5, 5.41) is 5.99. The third-order valence-electron chi connectivity index (χ3n) is 4.95. The minimum Gasteiger partial charge on any atom is -0.491 e. The fourth-order valence-corrected chi connectivity index (χ4v) is 3.27. The highest BCUT2D eigenvalue weighted by molar-refractivity contribution is 6.06. The molecular formula is C27H31N3O3. The average molecular weight is 446 g/mol. The maximum Gasteiger partial charge on any atom is 0.258 e. The molecule has 3 aromatic rings. The van der Waals surface area contributed by atoms with Crippen molar-refractivity contribution in [3.63, 3.8) is 0 Å². The lowest BCUT2D eigenvalue weighted by Gasteiger charge is -2.21. The number of nitrogens with one attached hydrogen (secondary N) is 2. The molecule has 0 aromatic heterocycles. The first-order chi connectivity index (χ1) is 16.0. The molecule has 6 heteroatoms. The Balaban J connectivity index is 1.56. The quantitative estimate of drug-likeness (QED) is 0.436. The van der Waals surface area contributed by atoms with Crippen LogP contribution in [0.4, 0.5) is 17.1 Å². The van der Waals surface area contributed by atoms with E-state index in [0.29, 0.717) is 36.1 Å². The summed E-state index contributed by atoms with van der Waals surface area (Å²) >= 11 is 0. The summed E-state index contributed by atoms with van der Waals surface area (Å²) in [6.45, 7) is 7.35. The number of carbonyl (C=O) groups excluding carboxylic acids is 2. The summed E-state index contributed by atoms with van der Waals surface area (Å²) in [5.74, 6) is 0.798. The van der Waals surface area contributed by atoms with Crippen molar-refractivity contribution in [2.75, 3.05) is 35.2 Å². The van der Waals surface area contributed by atoms with E-state index in [1.807, 2.05) is 61.5 Å². The molecule has 172 valence electrons. The van der Waals surface area contributed by atoms with E-state index in [1.165, 1.54) is 0 Å². The molecule has 3 aromatic carbocycles. The van der Waals surface area contributed by atoms with Gasteiger partial charge >= 0.3 is 0 Å². The van der Waals surface area contributed by atoms with Crippen LogP contribution in [0.15, 0.2) is 78.9 Å². The second kappa shape index (κ2) is 11.7. The largest absolute Gasteiger partial charge is 0.491 e. The highest BCUT2D eigenvalue weighted by Gasteiger charge is 2.16. The van der Waals surface area contributed by atoms with E-state index in [4.69, 9.17) is 4.74 Å². The molecule has 0 atom stereocenters. The van der Waals surface area contributed by atoms with Gasteiger partial charge in [-0.25, -0.2) is 0 Å². The number of hydrogen-bond acceptors (Lipinski definition) is 4. The molecule has 0 saturated heterocycles. The molecule has 0 bridgehead atoms. The van der Waals surface area contributed by atoms with Gasteiger partial charge in [-0.2, -0.15) is 0 Å². The number of benzene rings is 3. The molecule has 3 rings (SSSR count). The van der Waals surface area contributed by atoms with E-state index in [9.17, 15) is 9.59 Å². The Bertz CT molecular complexity index is 1050. The predicted molar refractivity (Wildman–Crippen MR) is 134 cm³/mol. The Kier molecular flexibility index (Phi) is 8.47. The third kappa shape index (κ3) is 6.84. The van der Waals surface area contributed by atoms with Crippen LogP contribution in [0.25, 0.3) is 0 Å². The Morgan fingerprint density at radius 3 is 2.24 bits per heavy atom. The second-order valence-corrected chi connectivity index (χ2v) is 8.07. The SMILES string of the molecule is CCN(C(=O)c1ccc(NCC(=O)Nc2ccccc2OCC(C)C)cc1)c1ccccc1. The van der Waals surface area contributed by atoms with E-state index in [0.717, 1.165) is 11.4 Å². The molecule has 6 nitrogen and oxygen atoms in total. The Hall–Kier alpha value is -3.80. The average Bonchev–Trinajstić information content (AvgIpc) is 2.83. The van der Waals surface area contributed by atoms with Gasteiger partial charge in [0.15, 0.2) is 0 Å². The topological polar surface area (TPSA) is 70.7 Å². The molecule has 0 aliphatic carbocycles. The molecule has 0 heterocycles. The first-order valence-corrected chi connectivity index (χ1v) is 11.2. The highest BCUT2D eigenvalue weighted by atomic mass is 16.5. The third-order valence-corrected chi connectivity index (χ3v) is 4.95. The summed E-state index contributed by atoms with van der Waals surface area (Å²) in [7, 11) is 0. The van der Waals surface area contributed by atoms with Gasteiger partial charge in [0.2, 0.25) is 5.91 Å². The smallest absolute Gasteiger partial charge is 0.258 e. The summed E-state index contributed by atoms with van der Waals surface area (Å²) in [6.07, 6.45) is 0. The van der Waals surface area contributed by atoms with Crippen molar-refractivity contribution in [3.05, 3.63) is 84.4 Å². The van der Waals surface area contributed by atoms with Crippen LogP contribution in [-0.4, -0.2) is 31.5 Å². The van der Waals surface area contributed by atoms with Crippen molar-refractivity contribution in [3.8, 4) is 5.75 Å². The number of nitrogens with zero attached hydrogens (tertiary/aromatic N) is 1. The number of rotatable bonds is 10. The van der Waals surface area contributed by atoms with Gasteiger partial charge in [0.05, 0.1) is 18.8 Å². The Morgan fingerprint density at radius 2 is 1.58 bits per heavy atom. The fourth-order valence-electron chi connectivity index (χ4n) is 3.27. The van der Waals surface area contributed by atoms with Crippen molar-refractivity contribution >= 4 is 28.9 Å². The van der Waals surface area contributed by atoms with Gasteiger partial charge in [0, 0.05) is 23.5 Å². The molecule has 0 radical (unpaired) electrons. The van der Waals surface area contributed by atoms with Gasteiger partial charge in [-0.05, 0) is 61.4 Å². The molecule has 2 amide bonds. The lowest BCUT2D eigenvalue weighted by atomic mass is 10.1. The van der Waals surface area contributed by atoms with Crippen molar-refractivity contribution in [1.29, 1.82) is 0 Å². The van der Waals surface area contributed by atoms with Crippen LogP contribution in [0, 0.1) is 5.92 Å². The van der Waals surface area contributed by atoms with Crippen LogP contribution in [0.1, 0.15) is 31.1 Å². The van der Waals surface area contributed by atoms with Crippen LogP contribution in [0.2, 0.25) is 0 Å². The Labute approximate surface area is 195 Å². The van der Waals surface area contributed by atoms with Crippen LogP contribution < -0.4 is 20.3 Å². The minimum atomic E-state index is -0.183. The fraction of sp³-hybridized carbons (Fsp3) is 0.259. The minimum absolute atomic E-state index is 0.0639. The molecule has 0 saturated carbocycles. The first-order valence-electron chi connectivity index (χ1n) is 11.2. The highest BCUT2D eigenvalue weighted by Crippen LogP contribution is 2.24. The van der Waals surface area contributed by atoms with E-state index < -0.39 is 0 Å². The van der Waals surface area contributed by atoms with Crippen molar-refractivity contribution < 1.29 is 14.3 Å². The molecular weight excluding hydrogens is 414 g/mol. The summed E-state index contributed by atoms with van der Waals surface area (Å²) in [4.78, 5) is 27.1. The van der Waals surface area contributed by atoms with Crippen LogP contribution in [0.5, 0.6) is 5.75 Å². The normalized spacial score (nSPS) is 10.5. The monoisotopic (exact) mass is 445 g/mol. The zero-order valence-electron chi connectivity index (χ0n) is 19.4. The van der Waals surface area contributed by atoms with E-state index >= 15 is 0 Å². The van der Waals surface area contributed by atoms with Crippen LogP contribution in [-0.2, 0) is 4.79 Å². The number of anilines is 3. The van der Waals surface area contributed by atoms with Gasteiger partial charge in [-0.3, -0.25) is 9.59 Å². The molecule has 0 fully saturated rings. The van der Waals surface area contributed by atoms with Crippen molar-refractivity contribution in [2.24, 2.45) is 5.92 Å². The zero-order chi connectivity index (χ0) is 23.6. The van der Waals surface area contributed by atoms with E-state index in [-0.39, 0.29) is 18.4 Å². The molecule has 0 aliphatic rings. The van der Waals surface area contributed by atoms with Gasteiger partial charge in [-0.1, -0.05) is 44.2 Å². The Morgan fingerprint density at radius 1 is 0.909 bits per heavy atom. The second-order valence-electron chi connectivity index (χ2n) is 8.07. The van der Waals surface area contributed by atoms with Crippen molar-refractivity contribution in [1.82, 2.24) is 0 Å². The number of hydrogen-bond donors (Lipinski definition) is 2. The maximum absolute atomic E-state index is 12.9. The van der Waals surface area contributed by atoms with Crippen LogP contribution >= 0.6 is 0 Å². The summed E-state index contributed by atoms with van der Waals surface area (Å²) in [6, 6.07) is 24.1. The molecule has 0 aliphatic heterocycles. The van der Waals surface area contributed by atoms with Gasteiger partial charge in [-0.15, -0.1) is 0 Å². The van der Waals surface area contributed by atoms with Gasteiger partial charge in [0.25, 0.3) is 5.91 Å². The zero-order valence-corrected chi connectivity index (χ0v) is 19.4. The van der Waals surface area contributed by atoms with E-state index in [1.54, 1.807) is 29.2 Å². The number of ether oxygens (including phenoxy) is 1. The number of para-hydroxylation sites is 3. The summed E-state index contributed by atoms with van der Waals surface area (Å²) < 4.78 is 5.79. The molecule has 0 unspecified atom stereocenters. The van der Waals surface area contributed by atoms with E-state index in [2.05, 4.69) is 24.5 Å². The predicted octanol–water partition coefficient (Wildman–Crippen LogP) is 5.44. The molecule has 0 spiro atoms. The standard InChI is InChI=1S/C27H31N3O3/c1-4-30(23-10-6-5-7-11-23)27(32)21-14-16-22(17-15-21)28-18-26(31)29-24-12-8-9-13-25(24)33-19-20(2)3/h5-17,20,28H,4,18-19H2,1-3H3,(H,29,31). The van der Waals surface area contributed by atoms with Crippen LogP contribution in [0.3, 0.4) is 0 Å². The first kappa shape index (κ1) is 23.9. The van der Waals surface area contributed by atoms with Gasteiger partial charge < -0.3 is 20.3 Å². The maximum atomic E-state index is 12.9. The molecule has 2 N–H and O–H groups in total. The lowest BCUT2D eigenvalue weighted by molar-refractivity contribution is -0.114. The molecule has 33 heavy (non-hydrogen) atoms. The summed E-state index contributed by atoms with van der Waals surface area (Å²) in [5.41, 5.74) is 2.86. The van der Waals surface area contributed by atoms with Gasteiger partial charge in [0.1, 0.15) is 5.75 Å². The lowest BCUT2D eigenvalue weighted by Crippen LogP contribution is -2.30. The number of carbonyl (C=O) groups is 2.